The van der Waals surface area contributed by atoms with Crippen molar-refractivity contribution in [2.24, 2.45) is 0 Å². The van der Waals surface area contributed by atoms with Crippen molar-refractivity contribution in [2.75, 3.05) is 0 Å². The first-order valence-electron chi connectivity index (χ1n) is 9.97. The van der Waals surface area contributed by atoms with Crippen LogP contribution in [0.2, 0.25) is 0 Å². The molecule has 3 nitrogen and oxygen atoms in total. The van der Waals surface area contributed by atoms with Gasteiger partial charge in [0.1, 0.15) is 5.82 Å². The molecule has 1 aliphatic rings. The van der Waals surface area contributed by atoms with Gasteiger partial charge >= 0.3 is 0 Å². The van der Waals surface area contributed by atoms with Gasteiger partial charge < -0.3 is 0 Å². The fourth-order valence-corrected chi connectivity index (χ4v) is 5.17. The first-order chi connectivity index (χ1) is 14.7. The van der Waals surface area contributed by atoms with E-state index in [1.807, 2.05) is 18.3 Å². The molecular weight excluding hydrogens is 395 g/mol. The minimum absolute atomic E-state index is 0.0519. The summed E-state index contributed by atoms with van der Waals surface area (Å²) in [5.74, 6) is -0.487. The van der Waals surface area contributed by atoms with Crippen LogP contribution in [-0.4, -0.2) is 15.8 Å². The number of aromatic nitrogens is 2. The Morgan fingerprint density at radius 3 is 2.67 bits per heavy atom. The zero-order valence-electron chi connectivity index (χ0n) is 16.3. The number of hydrogen-bond donors (Lipinski definition) is 0. The predicted octanol–water partition coefficient (Wildman–Crippen LogP) is 5.93. The van der Waals surface area contributed by atoms with E-state index in [1.54, 1.807) is 12.3 Å². The van der Waals surface area contributed by atoms with Gasteiger partial charge in [0.15, 0.2) is 5.78 Å². The largest absolute Gasteiger partial charge is 0.293 e. The number of thiophene rings is 1. The Morgan fingerprint density at radius 1 is 0.967 bits per heavy atom. The average molecular weight is 415 g/mol. The molecule has 0 atom stereocenters. The third kappa shape index (κ3) is 3.57. The predicted molar refractivity (Wildman–Crippen MR) is 117 cm³/mol. The first-order valence-corrected chi connectivity index (χ1v) is 10.8. The fraction of sp³-hybridized carbons (Fsp3) is 0.160. The number of Topliss-reactive ketones (excluding diaryl/α,β-unsaturated/α-hetero) is 1. The van der Waals surface area contributed by atoms with Gasteiger partial charge in [-0.15, -0.1) is 11.3 Å². The second-order valence-corrected chi connectivity index (χ2v) is 8.55. The van der Waals surface area contributed by atoms with Crippen molar-refractivity contribution in [1.29, 1.82) is 0 Å². The van der Waals surface area contributed by atoms with E-state index in [0.717, 1.165) is 41.5 Å². The zero-order valence-corrected chi connectivity index (χ0v) is 17.1. The van der Waals surface area contributed by atoms with E-state index in [4.69, 9.17) is 0 Å². The van der Waals surface area contributed by atoms with Crippen LogP contribution in [0.5, 0.6) is 0 Å². The summed E-state index contributed by atoms with van der Waals surface area (Å²) in [5.41, 5.74) is 6.30. The molecular formula is C25H19FN2OS. The number of rotatable bonds is 4. The van der Waals surface area contributed by atoms with Gasteiger partial charge in [0.05, 0.1) is 11.1 Å². The van der Waals surface area contributed by atoms with E-state index in [9.17, 15) is 9.18 Å². The van der Waals surface area contributed by atoms with Crippen LogP contribution in [-0.2, 0) is 19.3 Å². The second kappa shape index (κ2) is 7.92. The van der Waals surface area contributed by atoms with E-state index < -0.39 is 5.82 Å². The van der Waals surface area contributed by atoms with Crippen molar-refractivity contribution < 1.29 is 9.18 Å². The molecule has 0 N–H and O–H groups in total. The summed E-state index contributed by atoms with van der Waals surface area (Å²) in [4.78, 5) is 22.7. The lowest BCUT2D eigenvalue weighted by Crippen LogP contribution is -2.03. The molecule has 4 aromatic rings. The number of aryl methyl sites for hydroxylation is 2. The number of ketones is 1. The highest BCUT2D eigenvalue weighted by atomic mass is 32.1. The minimum Gasteiger partial charge on any atom is -0.293 e. The van der Waals surface area contributed by atoms with Gasteiger partial charge in [-0.3, -0.25) is 14.8 Å². The lowest BCUT2D eigenvalue weighted by atomic mass is 9.98. The molecule has 3 aromatic heterocycles. The van der Waals surface area contributed by atoms with Gasteiger partial charge in [-0.1, -0.05) is 18.2 Å². The molecule has 0 amide bonds. The normalized spacial score (nSPS) is 12.7. The monoisotopic (exact) mass is 414 g/mol. The smallest absolute Gasteiger partial charge is 0.177 e. The molecule has 5 rings (SSSR count). The van der Waals surface area contributed by atoms with Crippen LogP contribution in [0.25, 0.3) is 21.6 Å². The van der Waals surface area contributed by atoms with Crippen molar-refractivity contribution in [3.05, 3.63) is 94.6 Å². The molecule has 0 radical (unpaired) electrons. The van der Waals surface area contributed by atoms with Gasteiger partial charge in [0, 0.05) is 35.5 Å². The third-order valence-corrected chi connectivity index (χ3v) is 6.78. The highest BCUT2D eigenvalue weighted by Crippen LogP contribution is 2.40. The number of halogens is 1. The third-order valence-electron chi connectivity index (χ3n) is 5.53. The Bertz CT molecular complexity index is 1230. The summed E-state index contributed by atoms with van der Waals surface area (Å²) in [6.07, 6.45) is 9.38. The molecule has 0 fully saturated rings. The molecule has 0 saturated carbocycles. The highest BCUT2D eigenvalue weighted by molar-refractivity contribution is 7.17. The summed E-state index contributed by atoms with van der Waals surface area (Å²) in [7, 11) is 0. The van der Waals surface area contributed by atoms with Crippen LogP contribution in [0.1, 0.15) is 32.8 Å². The summed E-state index contributed by atoms with van der Waals surface area (Å²) < 4.78 is 13.9. The Balaban J connectivity index is 1.52. The second-order valence-electron chi connectivity index (χ2n) is 7.50. The lowest BCUT2D eigenvalue weighted by Gasteiger charge is -2.09. The molecule has 3 heterocycles. The molecule has 0 saturated heterocycles. The van der Waals surface area contributed by atoms with Gasteiger partial charge in [0.2, 0.25) is 0 Å². The number of hydrogen-bond acceptors (Lipinski definition) is 4. The standard InChI is InChI=1S/C25H19FN2OS/c26-22-15-28-10-8-18(22)12-23(29)24-13-19-4-1-3-16-6-7-17(11-21(16)25(19)30-24)20-5-2-9-27-14-20/h2,5-11,13-15H,1,3-4,12H2. The highest BCUT2D eigenvalue weighted by Gasteiger charge is 2.21. The molecule has 1 aliphatic carbocycles. The van der Waals surface area contributed by atoms with Crippen LogP contribution in [0.15, 0.2) is 67.3 Å². The van der Waals surface area contributed by atoms with E-state index in [1.165, 1.54) is 34.2 Å². The average Bonchev–Trinajstić information content (AvgIpc) is 3.13. The van der Waals surface area contributed by atoms with Crippen LogP contribution < -0.4 is 0 Å². The summed E-state index contributed by atoms with van der Waals surface area (Å²) in [6, 6.07) is 14.1. The van der Waals surface area contributed by atoms with Crippen LogP contribution in [0.3, 0.4) is 0 Å². The molecule has 0 unspecified atom stereocenters. The Labute approximate surface area is 178 Å². The van der Waals surface area contributed by atoms with Crippen molar-refractivity contribution >= 4 is 17.1 Å². The Hall–Kier alpha value is -3.18. The Morgan fingerprint density at radius 2 is 1.83 bits per heavy atom. The number of pyridine rings is 2. The number of benzene rings is 1. The number of carbonyl (C=O) groups excluding carboxylic acids is 1. The van der Waals surface area contributed by atoms with Crippen molar-refractivity contribution in [2.45, 2.75) is 25.7 Å². The maximum Gasteiger partial charge on any atom is 0.177 e. The topological polar surface area (TPSA) is 42.9 Å². The quantitative estimate of drug-likeness (QED) is 0.389. The van der Waals surface area contributed by atoms with Gasteiger partial charge in [-0.2, -0.15) is 0 Å². The molecule has 0 spiro atoms. The maximum absolute atomic E-state index is 13.9. The van der Waals surface area contributed by atoms with Crippen molar-refractivity contribution in [3.8, 4) is 21.6 Å². The van der Waals surface area contributed by atoms with Gasteiger partial charge in [-0.05, 0) is 71.3 Å². The first kappa shape index (κ1) is 18.8. The van der Waals surface area contributed by atoms with Gasteiger partial charge in [-0.25, -0.2) is 4.39 Å². The molecule has 148 valence electrons. The summed E-state index contributed by atoms with van der Waals surface area (Å²) in [5, 5.41) is 0. The van der Waals surface area contributed by atoms with E-state index >= 15 is 0 Å². The fourth-order valence-electron chi connectivity index (χ4n) is 3.98. The van der Waals surface area contributed by atoms with Crippen molar-refractivity contribution in [3.63, 3.8) is 0 Å². The Kier molecular flexibility index (Phi) is 4.97. The molecule has 0 aliphatic heterocycles. The molecule has 0 bridgehead atoms. The van der Waals surface area contributed by atoms with E-state index in [-0.39, 0.29) is 12.2 Å². The lowest BCUT2D eigenvalue weighted by molar-refractivity contribution is 0.0995. The minimum atomic E-state index is -0.435. The van der Waals surface area contributed by atoms with E-state index in [2.05, 4.69) is 34.2 Å². The summed E-state index contributed by atoms with van der Waals surface area (Å²) in [6.45, 7) is 0. The van der Waals surface area contributed by atoms with Crippen LogP contribution in [0, 0.1) is 5.82 Å². The molecule has 5 heteroatoms. The summed E-state index contributed by atoms with van der Waals surface area (Å²) >= 11 is 1.53. The zero-order chi connectivity index (χ0) is 20.5. The van der Waals surface area contributed by atoms with E-state index in [0.29, 0.717) is 10.4 Å². The van der Waals surface area contributed by atoms with Crippen LogP contribution >= 0.6 is 11.3 Å². The number of fused-ring (bicyclic) bond motifs is 3. The number of nitrogens with zero attached hydrogens (tertiary/aromatic N) is 2. The number of carbonyl (C=O) groups is 1. The van der Waals surface area contributed by atoms with Crippen LogP contribution in [0.4, 0.5) is 4.39 Å². The SMILES string of the molecule is O=C(Cc1ccncc1F)c1cc2c(s1)-c1cc(-c3cccnc3)ccc1CCC2. The maximum atomic E-state index is 13.9. The molecule has 1 aromatic carbocycles. The molecule has 30 heavy (non-hydrogen) atoms. The van der Waals surface area contributed by atoms with Gasteiger partial charge in [0.25, 0.3) is 0 Å². The van der Waals surface area contributed by atoms with Crippen molar-refractivity contribution in [1.82, 2.24) is 9.97 Å².